The lowest BCUT2D eigenvalue weighted by molar-refractivity contribution is 0.0718. The van der Waals surface area contributed by atoms with Crippen LogP contribution in [-0.2, 0) is 0 Å². The molecule has 33 heavy (non-hydrogen) atoms. The molecule has 1 saturated heterocycles. The molecule has 0 bridgehead atoms. The number of aromatic nitrogens is 2. The SMILES string of the molecule is N#Cc1ccc(-c2cc(C(=O)N3CCCCC3)nn2-c2c(F)cc(C3CC3)cc2F)cc1F. The van der Waals surface area contributed by atoms with Crippen LogP contribution >= 0.6 is 0 Å². The zero-order valence-electron chi connectivity index (χ0n) is 17.8. The zero-order chi connectivity index (χ0) is 23.1. The van der Waals surface area contributed by atoms with E-state index in [4.69, 9.17) is 5.26 Å². The van der Waals surface area contributed by atoms with Gasteiger partial charge in [-0.1, -0.05) is 6.07 Å². The Morgan fingerprint density at radius 2 is 1.67 bits per heavy atom. The Hall–Kier alpha value is -3.60. The maximum atomic E-state index is 15.1. The topological polar surface area (TPSA) is 61.9 Å². The van der Waals surface area contributed by atoms with Gasteiger partial charge in [0.05, 0.1) is 11.3 Å². The second-order valence-corrected chi connectivity index (χ2v) is 8.59. The third kappa shape index (κ3) is 3.99. The number of hydrogen-bond acceptors (Lipinski definition) is 3. The van der Waals surface area contributed by atoms with Crippen LogP contribution in [0, 0.1) is 28.8 Å². The molecule has 3 aromatic rings. The molecule has 1 amide bonds. The lowest BCUT2D eigenvalue weighted by Gasteiger charge is -2.25. The number of rotatable bonds is 4. The van der Waals surface area contributed by atoms with Crippen LogP contribution in [0.1, 0.15) is 59.6 Å². The highest BCUT2D eigenvalue weighted by atomic mass is 19.1. The first-order chi connectivity index (χ1) is 16.0. The number of benzene rings is 2. The van der Waals surface area contributed by atoms with Gasteiger partial charge in [-0.05, 0) is 73.9 Å². The number of likely N-dealkylation sites (tertiary alicyclic amines) is 1. The van der Waals surface area contributed by atoms with Gasteiger partial charge in [-0.15, -0.1) is 0 Å². The summed E-state index contributed by atoms with van der Waals surface area (Å²) in [5, 5.41) is 13.3. The first-order valence-electron chi connectivity index (χ1n) is 11.0. The Morgan fingerprint density at radius 3 is 2.27 bits per heavy atom. The Bertz CT molecular complexity index is 1260. The van der Waals surface area contributed by atoms with Crippen LogP contribution < -0.4 is 0 Å². The minimum absolute atomic E-state index is 0.0294. The summed E-state index contributed by atoms with van der Waals surface area (Å²) in [6, 6.07) is 9.64. The molecule has 5 rings (SSSR count). The van der Waals surface area contributed by atoms with E-state index in [9.17, 15) is 9.18 Å². The summed E-state index contributed by atoms with van der Waals surface area (Å²) < 4.78 is 45.6. The summed E-state index contributed by atoms with van der Waals surface area (Å²) >= 11 is 0. The average molecular weight is 450 g/mol. The van der Waals surface area contributed by atoms with Crippen molar-refractivity contribution in [3.8, 4) is 23.0 Å². The number of carbonyl (C=O) groups is 1. The van der Waals surface area contributed by atoms with E-state index in [0.29, 0.717) is 18.7 Å². The molecule has 0 atom stereocenters. The molecule has 1 aromatic heterocycles. The van der Waals surface area contributed by atoms with Gasteiger partial charge in [0.15, 0.2) is 17.3 Å². The molecule has 1 saturated carbocycles. The van der Waals surface area contributed by atoms with Crippen molar-refractivity contribution < 1.29 is 18.0 Å². The van der Waals surface area contributed by atoms with Crippen molar-refractivity contribution in [1.29, 1.82) is 5.26 Å². The van der Waals surface area contributed by atoms with E-state index in [-0.39, 0.29) is 34.3 Å². The Labute approximate surface area is 189 Å². The van der Waals surface area contributed by atoms with Crippen molar-refractivity contribution >= 4 is 5.91 Å². The molecule has 0 unspecified atom stereocenters. The number of nitrogens with zero attached hydrogens (tertiary/aromatic N) is 4. The minimum atomic E-state index is -0.799. The number of hydrogen-bond donors (Lipinski definition) is 0. The van der Waals surface area contributed by atoms with Gasteiger partial charge in [0.25, 0.3) is 5.91 Å². The van der Waals surface area contributed by atoms with E-state index in [1.54, 1.807) is 11.0 Å². The van der Waals surface area contributed by atoms with Gasteiger partial charge in [0.2, 0.25) is 0 Å². The highest BCUT2D eigenvalue weighted by Gasteiger charge is 2.29. The van der Waals surface area contributed by atoms with Gasteiger partial charge in [0.1, 0.15) is 17.6 Å². The summed E-state index contributed by atoms with van der Waals surface area (Å²) in [7, 11) is 0. The minimum Gasteiger partial charge on any atom is -0.337 e. The van der Waals surface area contributed by atoms with E-state index < -0.39 is 23.1 Å². The molecular formula is C25H21F3N4O. The predicted octanol–water partition coefficient (Wildman–Crippen LogP) is 5.33. The second kappa shape index (κ2) is 8.39. The molecule has 5 nitrogen and oxygen atoms in total. The molecule has 2 heterocycles. The molecule has 1 aliphatic carbocycles. The molecule has 2 aliphatic rings. The van der Waals surface area contributed by atoms with Gasteiger partial charge < -0.3 is 4.90 Å². The van der Waals surface area contributed by atoms with Crippen molar-refractivity contribution in [3.63, 3.8) is 0 Å². The first kappa shape index (κ1) is 21.3. The van der Waals surface area contributed by atoms with Gasteiger partial charge in [-0.3, -0.25) is 4.79 Å². The van der Waals surface area contributed by atoms with Gasteiger partial charge in [-0.2, -0.15) is 10.4 Å². The van der Waals surface area contributed by atoms with Crippen LogP contribution in [0.25, 0.3) is 16.9 Å². The fraction of sp³-hybridized carbons (Fsp3) is 0.320. The summed E-state index contributed by atoms with van der Waals surface area (Å²) in [5.41, 5.74) is 0.466. The van der Waals surface area contributed by atoms with Crippen LogP contribution in [-0.4, -0.2) is 33.7 Å². The van der Waals surface area contributed by atoms with E-state index in [1.807, 2.05) is 0 Å². The third-order valence-electron chi connectivity index (χ3n) is 6.26. The summed E-state index contributed by atoms with van der Waals surface area (Å²) in [4.78, 5) is 14.7. The lowest BCUT2D eigenvalue weighted by Crippen LogP contribution is -2.35. The standard InChI is InChI=1S/C25H21F3N4O/c26-19-10-16(6-7-17(19)14-29)23-13-22(25(33)31-8-2-1-3-9-31)30-32(23)24-20(27)11-18(12-21(24)28)15-4-5-15/h6-7,10-13,15H,1-5,8-9H2. The molecule has 0 spiro atoms. The van der Waals surface area contributed by atoms with Crippen molar-refractivity contribution in [2.75, 3.05) is 13.1 Å². The maximum Gasteiger partial charge on any atom is 0.274 e. The number of piperidine rings is 1. The van der Waals surface area contributed by atoms with Crippen molar-refractivity contribution in [1.82, 2.24) is 14.7 Å². The number of amides is 1. The first-order valence-corrected chi connectivity index (χ1v) is 11.0. The fourth-order valence-corrected chi connectivity index (χ4v) is 4.33. The van der Waals surface area contributed by atoms with E-state index in [2.05, 4.69) is 5.10 Å². The summed E-state index contributed by atoms with van der Waals surface area (Å²) in [5.74, 6) is -2.54. The Morgan fingerprint density at radius 1 is 0.970 bits per heavy atom. The van der Waals surface area contributed by atoms with Gasteiger partial charge >= 0.3 is 0 Å². The van der Waals surface area contributed by atoms with Crippen LogP contribution in [0.3, 0.4) is 0 Å². The average Bonchev–Trinajstić information content (AvgIpc) is 3.58. The number of halogens is 3. The summed E-state index contributed by atoms with van der Waals surface area (Å²) in [6.07, 6.45) is 4.59. The molecule has 2 aromatic carbocycles. The van der Waals surface area contributed by atoms with Crippen molar-refractivity contribution in [2.24, 2.45) is 0 Å². The lowest BCUT2D eigenvalue weighted by atomic mass is 10.1. The smallest absolute Gasteiger partial charge is 0.274 e. The second-order valence-electron chi connectivity index (χ2n) is 8.59. The monoisotopic (exact) mass is 450 g/mol. The van der Waals surface area contributed by atoms with E-state index in [0.717, 1.165) is 42.9 Å². The predicted molar refractivity (Wildman–Crippen MR) is 115 cm³/mol. The fourth-order valence-electron chi connectivity index (χ4n) is 4.33. The van der Waals surface area contributed by atoms with E-state index in [1.165, 1.54) is 30.3 Å². The Balaban J connectivity index is 1.64. The normalized spacial score (nSPS) is 16.0. The van der Waals surface area contributed by atoms with Gasteiger partial charge in [0, 0.05) is 18.7 Å². The maximum absolute atomic E-state index is 15.1. The van der Waals surface area contributed by atoms with Crippen LogP contribution in [0.15, 0.2) is 36.4 Å². The molecule has 0 radical (unpaired) electrons. The molecule has 168 valence electrons. The zero-order valence-corrected chi connectivity index (χ0v) is 17.8. The van der Waals surface area contributed by atoms with Crippen LogP contribution in [0.4, 0.5) is 13.2 Å². The molecule has 8 heteroatoms. The van der Waals surface area contributed by atoms with Crippen molar-refractivity contribution in [2.45, 2.75) is 38.0 Å². The third-order valence-corrected chi connectivity index (χ3v) is 6.26. The van der Waals surface area contributed by atoms with Crippen LogP contribution in [0.2, 0.25) is 0 Å². The largest absolute Gasteiger partial charge is 0.337 e. The molecular weight excluding hydrogens is 429 g/mol. The molecule has 0 N–H and O–H groups in total. The number of nitriles is 1. The quantitative estimate of drug-likeness (QED) is 0.540. The molecule has 2 fully saturated rings. The highest BCUT2D eigenvalue weighted by Crippen LogP contribution is 2.41. The van der Waals surface area contributed by atoms with Crippen molar-refractivity contribution in [3.05, 3.63) is 70.7 Å². The number of carbonyl (C=O) groups excluding carboxylic acids is 1. The van der Waals surface area contributed by atoms with E-state index >= 15 is 8.78 Å². The summed E-state index contributed by atoms with van der Waals surface area (Å²) in [6.45, 7) is 1.18. The molecule has 1 aliphatic heterocycles. The Kier molecular flexibility index (Phi) is 5.41. The highest BCUT2D eigenvalue weighted by molar-refractivity contribution is 5.93. The van der Waals surface area contributed by atoms with Crippen LogP contribution in [0.5, 0.6) is 0 Å². The van der Waals surface area contributed by atoms with Gasteiger partial charge in [-0.25, -0.2) is 17.9 Å².